The largest absolute Gasteiger partial charge is 0.494 e. The lowest BCUT2D eigenvalue weighted by atomic mass is 9.80. The molecule has 224 valence electrons. The van der Waals surface area contributed by atoms with Gasteiger partial charge in [0, 0.05) is 5.56 Å². The van der Waals surface area contributed by atoms with Crippen molar-refractivity contribution >= 4 is 47.4 Å². The Bertz CT molecular complexity index is 1340. The van der Waals surface area contributed by atoms with Crippen LogP contribution >= 0.6 is 34.8 Å². The Balaban J connectivity index is 0.000000234. The number of aromatic nitrogens is 6. The molecule has 2 aromatic carbocycles. The fraction of sp³-hybridized carbons (Fsp3) is 0.308. The van der Waals surface area contributed by atoms with Gasteiger partial charge in [0.25, 0.3) is 0 Å². The molecule has 4 rings (SSSR count). The highest BCUT2D eigenvalue weighted by Gasteiger charge is 2.10. The molecule has 12 nitrogen and oxygen atoms in total. The Labute approximate surface area is 259 Å². The molecule has 0 aliphatic heterocycles. The third-order valence-electron chi connectivity index (χ3n) is 4.75. The third-order valence-corrected chi connectivity index (χ3v) is 5.26. The van der Waals surface area contributed by atoms with Crippen LogP contribution in [0.25, 0.3) is 11.4 Å². The van der Waals surface area contributed by atoms with Crippen molar-refractivity contribution in [1.29, 1.82) is 0 Å². The van der Waals surface area contributed by atoms with Crippen molar-refractivity contribution in [3.8, 4) is 34.9 Å². The van der Waals surface area contributed by atoms with Crippen LogP contribution in [0.2, 0.25) is 15.9 Å². The molecule has 16 heteroatoms. The van der Waals surface area contributed by atoms with E-state index in [2.05, 4.69) is 41.6 Å². The van der Waals surface area contributed by atoms with E-state index in [1.165, 1.54) is 14.2 Å². The first-order valence-corrected chi connectivity index (χ1v) is 13.7. The Morgan fingerprint density at radius 2 is 1.05 bits per heavy atom. The predicted molar refractivity (Wildman–Crippen MR) is 161 cm³/mol. The minimum Gasteiger partial charge on any atom is -0.494 e. The van der Waals surface area contributed by atoms with Crippen LogP contribution in [0.3, 0.4) is 0 Å². The first-order chi connectivity index (χ1) is 20.2. The summed E-state index contributed by atoms with van der Waals surface area (Å²) in [6, 6.07) is 14.5. The maximum atomic E-state index is 8.81. The molecule has 0 aliphatic rings. The van der Waals surface area contributed by atoms with E-state index in [0.29, 0.717) is 24.5 Å². The number of hydrogen-bond donors (Lipinski definition) is 2. The molecule has 42 heavy (non-hydrogen) atoms. The lowest BCUT2D eigenvalue weighted by Crippen LogP contribution is -2.29. The smallest absolute Gasteiger partial charge is 0.488 e. The molecular weight excluding hydrogens is 609 g/mol. The predicted octanol–water partition coefficient (Wildman–Crippen LogP) is 4.33. The molecule has 0 fully saturated rings. The van der Waals surface area contributed by atoms with Crippen molar-refractivity contribution in [2.24, 2.45) is 0 Å². The van der Waals surface area contributed by atoms with Crippen LogP contribution < -0.4 is 24.4 Å². The van der Waals surface area contributed by atoms with Gasteiger partial charge in [-0.1, -0.05) is 26.0 Å². The van der Waals surface area contributed by atoms with Gasteiger partial charge in [0.1, 0.15) is 11.5 Å². The molecule has 2 N–H and O–H groups in total. The summed E-state index contributed by atoms with van der Waals surface area (Å²) in [5.74, 6) is 2.04. The van der Waals surface area contributed by atoms with E-state index in [0.717, 1.165) is 29.9 Å². The van der Waals surface area contributed by atoms with Crippen LogP contribution in [0.1, 0.15) is 26.7 Å². The average Bonchev–Trinajstić information content (AvgIpc) is 2.99. The Kier molecular flexibility index (Phi) is 15.6. The molecule has 0 bridgehead atoms. The normalized spacial score (nSPS) is 9.93. The second kappa shape index (κ2) is 18.8. The van der Waals surface area contributed by atoms with Crippen molar-refractivity contribution in [2.75, 3.05) is 27.4 Å². The fourth-order valence-corrected chi connectivity index (χ4v) is 3.33. The fourth-order valence-electron chi connectivity index (χ4n) is 2.83. The van der Waals surface area contributed by atoms with Crippen molar-refractivity contribution in [2.45, 2.75) is 26.7 Å². The first kappa shape index (κ1) is 34.7. The van der Waals surface area contributed by atoms with E-state index in [1.54, 1.807) is 24.3 Å². The number of benzene rings is 2. The molecule has 2 heterocycles. The summed E-state index contributed by atoms with van der Waals surface area (Å²) in [6.45, 7) is 5.48. The zero-order chi connectivity index (χ0) is 30.9. The third kappa shape index (κ3) is 12.6. The number of nitrogens with zero attached hydrogens (tertiary/aromatic N) is 6. The summed E-state index contributed by atoms with van der Waals surface area (Å²) in [5, 5.41) is 17.8. The van der Waals surface area contributed by atoms with Gasteiger partial charge >= 0.3 is 19.1 Å². The van der Waals surface area contributed by atoms with Gasteiger partial charge in [0.05, 0.1) is 27.4 Å². The molecule has 0 amide bonds. The molecule has 0 atom stereocenters. The summed E-state index contributed by atoms with van der Waals surface area (Å²) in [5.41, 5.74) is 1.30. The molecule has 2 aromatic heterocycles. The van der Waals surface area contributed by atoms with Gasteiger partial charge in [-0.15, -0.1) is 0 Å². The lowest BCUT2D eigenvalue weighted by Gasteiger charge is -2.06. The van der Waals surface area contributed by atoms with E-state index in [4.69, 9.17) is 59.1 Å². The topological polar surface area (TPSA) is 155 Å². The van der Waals surface area contributed by atoms with E-state index in [-0.39, 0.29) is 27.9 Å². The van der Waals surface area contributed by atoms with Crippen molar-refractivity contribution in [1.82, 2.24) is 29.9 Å². The maximum Gasteiger partial charge on any atom is 0.488 e. The highest BCUT2D eigenvalue weighted by atomic mass is 35.5. The maximum absolute atomic E-state index is 8.81. The van der Waals surface area contributed by atoms with Crippen LogP contribution in [-0.4, -0.2) is 74.5 Å². The standard InChI is InChI=1S/C13H14ClN3O2.C9H13BO3.C4H3Cl2N3O/c1-3-8-19-10-6-4-9(5-7-10)11-15-12(14)17-13(16-11)18-2;1-2-7-13-9-5-3-8(4-6-9)10(11)12;1-10-4-8-2(5)7-3(6)9-4/h4-7H,3,8H2,1-2H3;3-6,11-12H,2,7H2,1H3;1H3. The highest BCUT2D eigenvalue weighted by Crippen LogP contribution is 2.22. The second-order valence-corrected chi connectivity index (χ2v) is 8.95. The lowest BCUT2D eigenvalue weighted by molar-refractivity contribution is 0.317. The number of hydrogen-bond acceptors (Lipinski definition) is 12. The minimum atomic E-state index is -1.40. The molecule has 0 aliphatic carbocycles. The second-order valence-electron chi connectivity index (χ2n) is 7.94. The van der Waals surface area contributed by atoms with E-state index >= 15 is 0 Å². The Morgan fingerprint density at radius 1 is 0.619 bits per heavy atom. The van der Waals surface area contributed by atoms with E-state index < -0.39 is 7.12 Å². The van der Waals surface area contributed by atoms with Gasteiger partial charge in [-0.05, 0) is 89.5 Å². The molecular formula is C26H30BCl3N6O6. The molecule has 0 unspecified atom stereocenters. The van der Waals surface area contributed by atoms with Crippen LogP contribution in [0.4, 0.5) is 0 Å². The van der Waals surface area contributed by atoms with Gasteiger partial charge in [-0.3, -0.25) is 0 Å². The first-order valence-electron chi connectivity index (χ1n) is 12.6. The quantitative estimate of drug-likeness (QED) is 0.237. The average molecular weight is 640 g/mol. The van der Waals surface area contributed by atoms with Gasteiger partial charge in [-0.2, -0.15) is 29.9 Å². The zero-order valence-corrected chi connectivity index (χ0v) is 25.6. The van der Waals surface area contributed by atoms with Gasteiger partial charge < -0.3 is 29.0 Å². The molecule has 0 saturated carbocycles. The summed E-state index contributed by atoms with van der Waals surface area (Å²) in [4.78, 5) is 22.7. The van der Waals surface area contributed by atoms with Crippen molar-refractivity contribution < 1.29 is 29.0 Å². The molecule has 0 spiro atoms. The number of methoxy groups -OCH3 is 2. The van der Waals surface area contributed by atoms with Crippen LogP contribution in [0, 0.1) is 0 Å². The minimum absolute atomic E-state index is 0.0249. The van der Waals surface area contributed by atoms with E-state index in [1.807, 2.05) is 31.2 Å². The van der Waals surface area contributed by atoms with Crippen LogP contribution in [0.15, 0.2) is 48.5 Å². The van der Waals surface area contributed by atoms with Gasteiger partial charge in [0.2, 0.25) is 15.9 Å². The highest BCUT2D eigenvalue weighted by molar-refractivity contribution is 6.58. The monoisotopic (exact) mass is 638 g/mol. The zero-order valence-electron chi connectivity index (χ0n) is 23.4. The number of halogens is 3. The number of rotatable bonds is 10. The summed E-state index contributed by atoms with van der Waals surface area (Å²) in [7, 11) is 1.50. The van der Waals surface area contributed by atoms with E-state index in [9.17, 15) is 0 Å². The Hall–Kier alpha value is -3.49. The number of ether oxygens (including phenoxy) is 4. The van der Waals surface area contributed by atoms with Crippen molar-refractivity contribution in [3.05, 3.63) is 64.4 Å². The summed E-state index contributed by atoms with van der Waals surface area (Å²) < 4.78 is 20.4. The molecule has 0 saturated heterocycles. The van der Waals surface area contributed by atoms with Crippen LogP contribution in [0.5, 0.6) is 23.5 Å². The van der Waals surface area contributed by atoms with Gasteiger partial charge in [0.15, 0.2) is 5.82 Å². The SMILES string of the molecule is CCCOc1ccc(-c2nc(Cl)nc(OC)n2)cc1.CCCOc1ccc(B(O)O)cc1.COc1nc(Cl)nc(Cl)n1. The summed E-state index contributed by atoms with van der Waals surface area (Å²) >= 11 is 16.6. The summed E-state index contributed by atoms with van der Waals surface area (Å²) in [6.07, 6.45) is 1.94. The Morgan fingerprint density at radius 3 is 1.48 bits per heavy atom. The van der Waals surface area contributed by atoms with Crippen LogP contribution in [-0.2, 0) is 0 Å². The molecule has 4 aromatic rings. The molecule has 0 radical (unpaired) electrons. The van der Waals surface area contributed by atoms with Crippen molar-refractivity contribution in [3.63, 3.8) is 0 Å². The van der Waals surface area contributed by atoms with Gasteiger partial charge in [-0.25, -0.2) is 0 Å².